The van der Waals surface area contributed by atoms with E-state index in [9.17, 15) is 4.79 Å². The molecule has 4 rings (SSSR count). The third kappa shape index (κ3) is 3.42. The summed E-state index contributed by atoms with van der Waals surface area (Å²) in [4.78, 5) is 15.4. The van der Waals surface area contributed by atoms with Crippen molar-refractivity contribution in [1.29, 1.82) is 0 Å². The van der Waals surface area contributed by atoms with Crippen molar-refractivity contribution in [3.8, 4) is 17.2 Å². The van der Waals surface area contributed by atoms with Crippen LogP contribution in [0.2, 0.25) is 0 Å². The predicted molar refractivity (Wildman–Crippen MR) is 110 cm³/mol. The van der Waals surface area contributed by atoms with Crippen molar-refractivity contribution < 1.29 is 19.0 Å². The number of amides is 1. The Kier molecular flexibility index (Phi) is 5.16. The van der Waals surface area contributed by atoms with Gasteiger partial charge in [0.2, 0.25) is 0 Å². The van der Waals surface area contributed by atoms with Crippen molar-refractivity contribution in [3.05, 3.63) is 77.6 Å². The van der Waals surface area contributed by atoms with Gasteiger partial charge in [-0.3, -0.25) is 4.79 Å². The summed E-state index contributed by atoms with van der Waals surface area (Å²) in [5.41, 5.74) is 2.65. The standard InChI is InChI=1S/C23H24N2O4/c1-27-18-7-4-6-17(14-18)23(26)25-13-12-24-11-5-8-19(24)22(25)16-9-10-20(28-2)21(15-16)29-3/h4-11,14-15,22H,12-13H2,1-3H3. The fourth-order valence-corrected chi connectivity index (χ4v) is 3.90. The van der Waals surface area contributed by atoms with Gasteiger partial charge in [-0.25, -0.2) is 0 Å². The maximum atomic E-state index is 13.5. The Bertz CT molecular complexity index is 1030. The first-order valence-electron chi connectivity index (χ1n) is 9.48. The maximum Gasteiger partial charge on any atom is 0.254 e. The Hall–Kier alpha value is -3.41. The first kappa shape index (κ1) is 18.9. The number of carbonyl (C=O) groups is 1. The Morgan fingerprint density at radius 3 is 2.48 bits per heavy atom. The molecule has 1 aromatic heterocycles. The molecule has 0 radical (unpaired) electrons. The molecule has 3 aromatic rings. The average Bonchev–Trinajstić information content (AvgIpc) is 3.26. The Balaban J connectivity index is 1.78. The van der Waals surface area contributed by atoms with Gasteiger partial charge in [0.15, 0.2) is 11.5 Å². The van der Waals surface area contributed by atoms with Crippen LogP contribution in [0.15, 0.2) is 60.8 Å². The molecular formula is C23H24N2O4. The van der Waals surface area contributed by atoms with Crippen molar-refractivity contribution in [2.75, 3.05) is 27.9 Å². The van der Waals surface area contributed by atoms with E-state index in [0.29, 0.717) is 29.4 Å². The van der Waals surface area contributed by atoms with Crippen molar-refractivity contribution in [2.45, 2.75) is 12.6 Å². The van der Waals surface area contributed by atoms with E-state index in [-0.39, 0.29) is 11.9 Å². The van der Waals surface area contributed by atoms with Gasteiger partial charge in [-0.2, -0.15) is 0 Å². The van der Waals surface area contributed by atoms with Gasteiger partial charge in [0.25, 0.3) is 5.91 Å². The first-order chi connectivity index (χ1) is 14.2. The number of fused-ring (bicyclic) bond motifs is 1. The van der Waals surface area contributed by atoms with Gasteiger partial charge in [0, 0.05) is 30.5 Å². The van der Waals surface area contributed by atoms with Gasteiger partial charge in [0.1, 0.15) is 5.75 Å². The molecule has 0 aliphatic carbocycles. The molecule has 1 unspecified atom stereocenters. The highest BCUT2D eigenvalue weighted by atomic mass is 16.5. The molecule has 1 aliphatic rings. The molecule has 2 aromatic carbocycles. The van der Waals surface area contributed by atoms with Crippen molar-refractivity contribution in [2.24, 2.45) is 0 Å². The highest BCUT2D eigenvalue weighted by molar-refractivity contribution is 5.95. The highest BCUT2D eigenvalue weighted by Crippen LogP contribution is 2.38. The number of rotatable bonds is 5. The molecule has 2 heterocycles. The number of nitrogens with zero attached hydrogens (tertiary/aromatic N) is 2. The summed E-state index contributed by atoms with van der Waals surface area (Å²) in [7, 11) is 4.83. The van der Waals surface area contributed by atoms with Crippen LogP contribution in [-0.2, 0) is 6.54 Å². The van der Waals surface area contributed by atoms with E-state index < -0.39 is 0 Å². The van der Waals surface area contributed by atoms with Crippen molar-refractivity contribution >= 4 is 5.91 Å². The van der Waals surface area contributed by atoms with Crippen LogP contribution in [-0.4, -0.2) is 43.2 Å². The van der Waals surface area contributed by atoms with E-state index in [4.69, 9.17) is 14.2 Å². The van der Waals surface area contributed by atoms with Gasteiger partial charge in [0.05, 0.1) is 27.4 Å². The second-order valence-corrected chi connectivity index (χ2v) is 6.87. The van der Waals surface area contributed by atoms with E-state index in [1.54, 1.807) is 27.4 Å². The van der Waals surface area contributed by atoms with Crippen LogP contribution < -0.4 is 14.2 Å². The summed E-state index contributed by atoms with van der Waals surface area (Å²) in [6.45, 7) is 1.36. The number of ether oxygens (including phenoxy) is 3. The summed E-state index contributed by atoms with van der Waals surface area (Å²) in [5.74, 6) is 1.94. The van der Waals surface area contributed by atoms with E-state index in [1.165, 1.54) is 0 Å². The van der Waals surface area contributed by atoms with Crippen molar-refractivity contribution in [3.63, 3.8) is 0 Å². The smallest absolute Gasteiger partial charge is 0.254 e. The number of aromatic nitrogens is 1. The van der Waals surface area contributed by atoms with Crippen LogP contribution in [0.4, 0.5) is 0 Å². The van der Waals surface area contributed by atoms with E-state index >= 15 is 0 Å². The largest absolute Gasteiger partial charge is 0.497 e. The number of hydrogen-bond acceptors (Lipinski definition) is 4. The zero-order valence-corrected chi connectivity index (χ0v) is 16.8. The molecule has 0 N–H and O–H groups in total. The summed E-state index contributed by atoms with van der Waals surface area (Å²) in [6, 6.07) is 16.9. The second kappa shape index (κ2) is 7.91. The predicted octanol–water partition coefficient (Wildman–Crippen LogP) is 3.76. The first-order valence-corrected chi connectivity index (χ1v) is 9.48. The fraction of sp³-hybridized carbons (Fsp3) is 0.261. The molecule has 0 bridgehead atoms. The minimum absolute atomic E-state index is 0.0314. The summed E-state index contributed by atoms with van der Waals surface area (Å²) in [6.07, 6.45) is 2.05. The second-order valence-electron chi connectivity index (χ2n) is 6.87. The van der Waals surface area contributed by atoms with Gasteiger partial charge in [-0.05, 0) is 48.0 Å². The molecule has 0 spiro atoms. The lowest BCUT2D eigenvalue weighted by atomic mass is 9.98. The fourth-order valence-electron chi connectivity index (χ4n) is 3.90. The third-order valence-electron chi connectivity index (χ3n) is 5.34. The molecule has 29 heavy (non-hydrogen) atoms. The van der Waals surface area contributed by atoms with Crippen LogP contribution in [0.1, 0.15) is 27.7 Å². The number of carbonyl (C=O) groups excluding carboxylic acids is 1. The minimum atomic E-state index is -0.225. The van der Waals surface area contributed by atoms with Gasteiger partial charge in [-0.1, -0.05) is 12.1 Å². The quantitative estimate of drug-likeness (QED) is 0.663. The number of methoxy groups -OCH3 is 3. The molecular weight excluding hydrogens is 368 g/mol. The van der Waals surface area contributed by atoms with E-state index in [1.807, 2.05) is 47.4 Å². The summed E-state index contributed by atoms with van der Waals surface area (Å²) >= 11 is 0. The molecule has 0 fully saturated rings. The third-order valence-corrected chi connectivity index (χ3v) is 5.34. The lowest BCUT2D eigenvalue weighted by Gasteiger charge is -2.37. The van der Waals surface area contributed by atoms with Crippen LogP contribution in [0, 0.1) is 0 Å². The molecule has 6 nitrogen and oxygen atoms in total. The topological polar surface area (TPSA) is 52.9 Å². The molecule has 1 amide bonds. The number of benzene rings is 2. The SMILES string of the molecule is COc1cccc(C(=O)N2CCn3cccc3C2c2ccc(OC)c(OC)c2)c1. The van der Waals surface area contributed by atoms with Crippen LogP contribution in [0.25, 0.3) is 0 Å². The molecule has 1 aliphatic heterocycles. The van der Waals surface area contributed by atoms with Crippen LogP contribution in [0.3, 0.4) is 0 Å². The Morgan fingerprint density at radius 2 is 1.72 bits per heavy atom. The molecule has 6 heteroatoms. The lowest BCUT2D eigenvalue weighted by Crippen LogP contribution is -2.42. The van der Waals surface area contributed by atoms with Gasteiger partial charge in [-0.15, -0.1) is 0 Å². The van der Waals surface area contributed by atoms with Gasteiger partial charge >= 0.3 is 0 Å². The number of hydrogen-bond donors (Lipinski definition) is 0. The van der Waals surface area contributed by atoms with Crippen LogP contribution in [0.5, 0.6) is 17.2 Å². The molecule has 0 saturated carbocycles. The lowest BCUT2D eigenvalue weighted by molar-refractivity contribution is 0.0663. The highest BCUT2D eigenvalue weighted by Gasteiger charge is 2.33. The average molecular weight is 392 g/mol. The van der Waals surface area contributed by atoms with E-state index in [2.05, 4.69) is 16.8 Å². The van der Waals surface area contributed by atoms with Crippen molar-refractivity contribution in [1.82, 2.24) is 9.47 Å². The molecule has 1 atom stereocenters. The minimum Gasteiger partial charge on any atom is -0.497 e. The van der Waals surface area contributed by atoms with Gasteiger partial charge < -0.3 is 23.7 Å². The Morgan fingerprint density at radius 1 is 0.897 bits per heavy atom. The molecule has 0 saturated heterocycles. The zero-order chi connectivity index (χ0) is 20.4. The Labute approximate surface area is 170 Å². The summed E-state index contributed by atoms with van der Waals surface area (Å²) in [5, 5.41) is 0. The summed E-state index contributed by atoms with van der Waals surface area (Å²) < 4.78 is 18.4. The monoisotopic (exact) mass is 392 g/mol. The zero-order valence-electron chi connectivity index (χ0n) is 16.8. The van der Waals surface area contributed by atoms with Crippen LogP contribution >= 0.6 is 0 Å². The molecule has 150 valence electrons. The normalized spacial score (nSPS) is 15.6. The maximum absolute atomic E-state index is 13.5. The van der Waals surface area contributed by atoms with E-state index in [0.717, 1.165) is 17.8 Å².